The molecule has 94 valence electrons. The summed E-state index contributed by atoms with van der Waals surface area (Å²) in [6, 6.07) is 8.04. The molecule has 1 aromatic heterocycles. The van der Waals surface area contributed by atoms with Crippen molar-refractivity contribution in [3.8, 4) is 6.01 Å². The van der Waals surface area contributed by atoms with E-state index in [0.29, 0.717) is 12.6 Å². The monoisotopic (exact) mass is 244 g/mol. The molecule has 2 aromatic rings. The summed E-state index contributed by atoms with van der Waals surface area (Å²) in [5, 5.41) is 11.4. The van der Waals surface area contributed by atoms with Gasteiger partial charge in [-0.05, 0) is 44.0 Å². The minimum absolute atomic E-state index is 0.375. The number of aromatic nitrogens is 3. The predicted octanol–water partition coefficient (Wildman–Crippen LogP) is 1.40. The molecule has 3 rings (SSSR count). The largest absolute Gasteiger partial charge is 0.462 e. The topological polar surface area (TPSA) is 59.9 Å². The molecule has 0 spiro atoms. The van der Waals surface area contributed by atoms with Gasteiger partial charge in [0.2, 0.25) is 0 Å². The zero-order valence-corrected chi connectivity index (χ0v) is 10.2. The van der Waals surface area contributed by atoms with Crippen LogP contribution in [0.5, 0.6) is 6.01 Å². The molecule has 18 heavy (non-hydrogen) atoms. The van der Waals surface area contributed by atoms with Gasteiger partial charge in [0.05, 0.1) is 12.1 Å². The smallest absolute Gasteiger partial charge is 0.336 e. The van der Waals surface area contributed by atoms with Crippen LogP contribution < -0.4 is 10.1 Å². The zero-order valence-electron chi connectivity index (χ0n) is 10.2. The van der Waals surface area contributed by atoms with E-state index in [1.807, 2.05) is 24.3 Å². The molecule has 1 aliphatic heterocycles. The number of hydrogen-bond donors (Lipinski definition) is 1. The third-order valence-electron chi connectivity index (χ3n) is 3.26. The zero-order chi connectivity index (χ0) is 12.2. The van der Waals surface area contributed by atoms with Crippen LogP contribution in [0.4, 0.5) is 0 Å². The molecule has 5 nitrogen and oxygen atoms in total. The minimum Gasteiger partial charge on any atom is -0.462 e. The minimum atomic E-state index is 0.375. The lowest BCUT2D eigenvalue weighted by atomic mass is 10.1. The number of rotatable bonds is 4. The Kier molecular flexibility index (Phi) is 3.32. The quantitative estimate of drug-likeness (QED) is 0.881. The molecular weight excluding hydrogens is 228 g/mol. The van der Waals surface area contributed by atoms with Gasteiger partial charge in [0.1, 0.15) is 5.52 Å². The van der Waals surface area contributed by atoms with Gasteiger partial charge in [0.15, 0.2) is 0 Å². The van der Waals surface area contributed by atoms with Crippen LogP contribution in [0, 0.1) is 5.92 Å². The lowest BCUT2D eigenvalue weighted by Crippen LogP contribution is -2.12. The van der Waals surface area contributed by atoms with Crippen molar-refractivity contribution in [2.24, 2.45) is 5.92 Å². The highest BCUT2D eigenvalue weighted by atomic mass is 16.5. The molecule has 2 heterocycles. The van der Waals surface area contributed by atoms with Crippen molar-refractivity contribution in [3.63, 3.8) is 0 Å². The second-order valence-corrected chi connectivity index (χ2v) is 4.58. The summed E-state index contributed by atoms with van der Waals surface area (Å²) >= 11 is 0. The van der Waals surface area contributed by atoms with E-state index in [2.05, 4.69) is 20.5 Å². The van der Waals surface area contributed by atoms with Crippen LogP contribution in [0.1, 0.15) is 12.8 Å². The average molecular weight is 244 g/mol. The van der Waals surface area contributed by atoms with Crippen molar-refractivity contribution in [1.82, 2.24) is 20.5 Å². The Morgan fingerprint density at radius 2 is 2.11 bits per heavy atom. The van der Waals surface area contributed by atoms with Gasteiger partial charge >= 0.3 is 6.01 Å². The molecule has 1 unspecified atom stereocenters. The van der Waals surface area contributed by atoms with Crippen LogP contribution in [0.2, 0.25) is 0 Å². The first-order valence-corrected chi connectivity index (χ1v) is 6.35. The van der Waals surface area contributed by atoms with E-state index in [1.54, 1.807) is 0 Å². The molecule has 1 atom stereocenters. The van der Waals surface area contributed by atoms with Crippen molar-refractivity contribution in [3.05, 3.63) is 24.3 Å². The maximum atomic E-state index is 5.56. The van der Waals surface area contributed by atoms with Crippen molar-refractivity contribution in [2.45, 2.75) is 12.8 Å². The third kappa shape index (κ3) is 2.56. The van der Waals surface area contributed by atoms with E-state index in [-0.39, 0.29) is 0 Å². The van der Waals surface area contributed by atoms with Gasteiger partial charge < -0.3 is 10.1 Å². The SMILES string of the molecule is c1ccc2nc(OCCC3CCNC3)nnc2c1. The van der Waals surface area contributed by atoms with Crippen LogP contribution in [0.3, 0.4) is 0 Å². The highest BCUT2D eigenvalue weighted by molar-refractivity contribution is 5.73. The molecule has 1 aromatic carbocycles. The first-order valence-electron chi connectivity index (χ1n) is 6.35. The second kappa shape index (κ2) is 5.27. The van der Waals surface area contributed by atoms with E-state index >= 15 is 0 Å². The van der Waals surface area contributed by atoms with Crippen molar-refractivity contribution >= 4 is 11.0 Å². The summed E-state index contributed by atoms with van der Waals surface area (Å²) in [4.78, 5) is 4.33. The van der Waals surface area contributed by atoms with Crippen LogP contribution in [-0.2, 0) is 0 Å². The Bertz CT molecular complexity index is 525. The van der Waals surface area contributed by atoms with Crippen LogP contribution in [-0.4, -0.2) is 34.9 Å². The second-order valence-electron chi connectivity index (χ2n) is 4.58. The maximum absolute atomic E-state index is 5.56. The normalized spacial score (nSPS) is 19.2. The van der Waals surface area contributed by atoms with E-state index in [0.717, 1.165) is 36.5 Å². The molecule has 1 fully saturated rings. The number of nitrogens with zero attached hydrogens (tertiary/aromatic N) is 3. The number of benzene rings is 1. The van der Waals surface area contributed by atoms with Gasteiger partial charge in [0, 0.05) is 0 Å². The van der Waals surface area contributed by atoms with Gasteiger partial charge in [-0.25, -0.2) is 0 Å². The van der Waals surface area contributed by atoms with E-state index in [9.17, 15) is 0 Å². The van der Waals surface area contributed by atoms with E-state index < -0.39 is 0 Å². The first kappa shape index (κ1) is 11.3. The molecule has 0 bridgehead atoms. The molecule has 1 N–H and O–H groups in total. The molecule has 5 heteroatoms. The molecule has 0 radical (unpaired) electrons. The molecule has 1 saturated heterocycles. The van der Waals surface area contributed by atoms with Gasteiger partial charge in [0.25, 0.3) is 0 Å². The Balaban J connectivity index is 1.60. The van der Waals surface area contributed by atoms with Gasteiger partial charge in [-0.1, -0.05) is 17.2 Å². The summed E-state index contributed by atoms with van der Waals surface area (Å²) < 4.78 is 5.56. The summed E-state index contributed by atoms with van der Waals surface area (Å²) in [6.45, 7) is 2.88. The third-order valence-corrected chi connectivity index (χ3v) is 3.26. The summed E-state index contributed by atoms with van der Waals surface area (Å²) in [6.07, 6.45) is 2.28. The fourth-order valence-corrected chi connectivity index (χ4v) is 2.20. The number of para-hydroxylation sites is 1. The molecule has 0 aliphatic carbocycles. The van der Waals surface area contributed by atoms with Gasteiger partial charge in [-0.2, -0.15) is 4.98 Å². The van der Waals surface area contributed by atoms with Gasteiger partial charge in [-0.15, -0.1) is 5.10 Å². The molecule has 0 amide bonds. The number of ether oxygens (including phenoxy) is 1. The van der Waals surface area contributed by atoms with Gasteiger partial charge in [-0.3, -0.25) is 0 Å². The number of hydrogen-bond acceptors (Lipinski definition) is 5. The predicted molar refractivity (Wildman–Crippen MR) is 68.4 cm³/mol. The number of nitrogens with one attached hydrogen (secondary N) is 1. The standard InChI is InChI=1S/C13H16N4O/c1-2-4-12-11(3-1)15-13(17-16-12)18-8-6-10-5-7-14-9-10/h1-4,10,14H,5-9H2. The Labute approximate surface area is 106 Å². The fraction of sp³-hybridized carbons (Fsp3) is 0.462. The summed E-state index contributed by atoms with van der Waals surface area (Å²) in [7, 11) is 0. The van der Waals surface area contributed by atoms with Crippen LogP contribution in [0.15, 0.2) is 24.3 Å². The first-order chi connectivity index (χ1) is 8.92. The summed E-state index contributed by atoms with van der Waals surface area (Å²) in [5.41, 5.74) is 1.62. The van der Waals surface area contributed by atoms with E-state index in [1.165, 1.54) is 6.42 Å². The Hall–Kier alpha value is -1.75. The molecular formula is C13H16N4O. The highest BCUT2D eigenvalue weighted by Crippen LogP contribution is 2.14. The van der Waals surface area contributed by atoms with Crippen molar-refractivity contribution < 1.29 is 4.74 Å². The van der Waals surface area contributed by atoms with Crippen molar-refractivity contribution in [2.75, 3.05) is 19.7 Å². The molecule has 0 saturated carbocycles. The van der Waals surface area contributed by atoms with E-state index in [4.69, 9.17) is 4.74 Å². The summed E-state index contributed by atoms with van der Waals surface area (Å²) in [5.74, 6) is 0.721. The molecule has 1 aliphatic rings. The Morgan fingerprint density at radius 1 is 1.22 bits per heavy atom. The number of fused-ring (bicyclic) bond motifs is 1. The highest BCUT2D eigenvalue weighted by Gasteiger charge is 2.14. The lowest BCUT2D eigenvalue weighted by molar-refractivity contribution is 0.261. The maximum Gasteiger partial charge on any atom is 0.336 e. The van der Waals surface area contributed by atoms with Crippen molar-refractivity contribution in [1.29, 1.82) is 0 Å². The lowest BCUT2D eigenvalue weighted by Gasteiger charge is -2.08. The van der Waals surface area contributed by atoms with Crippen LogP contribution >= 0.6 is 0 Å². The average Bonchev–Trinajstić information content (AvgIpc) is 2.92. The Morgan fingerprint density at radius 3 is 2.94 bits per heavy atom. The fourth-order valence-electron chi connectivity index (χ4n) is 2.20. The van der Waals surface area contributed by atoms with Crippen LogP contribution in [0.25, 0.3) is 11.0 Å².